The molecule has 0 heterocycles. The molecule has 0 aliphatic rings. The highest BCUT2D eigenvalue weighted by Gasteiger charge is 1.97. The first-order valence-corrected chi connectivity index (χ1v) is 3.68. The van der Waals surface area contributed by atoms with E-state index in [9.17, 15) is 0 Å². The van der Waals surface area contributed by atoms with Crippen molar-refractivity contribution in [3.05, 3.63) is 29.8 Å². The Morgan fingerprint density at radius 1 is 1.42 bits per heavy atom. The van der Waals surface area contributed by atoms with Crippen LogP contribution in [0, 0.1) is 11.3 Å². The van der Waals surface area contributed by atoms with Gasteiger partial charge in [0.1, 0.15) is 6.54 Å². The molecule has 1 aromatic carbocycles. The Morgan fingerprint density at radius 3 is 2.83 bits per heavy atom. The van der Waals surface area contributed by atoms with Gasteiger partial charge in [0.25, 0.3) is 0 Å². The molecular formula is C9H10N2O. The standard InChI is InChI=1S/C9H10N2O/c10-5-6-11-9-4-2-1-3-8(9)7-12/h1-4,11-12H,6-7H2. The van der Waals surface area contributed by atoms with Crippen LogP contribution in [-0.2, 0) is 6.61 Å². The van der Waals surface area contributed by atoms with E-state index in [1.54, 1.807) is 0 Å². The van der Waals surface area contributed by atoms with Gasteiger partial charge in [-0.1, -0.05) is 18.2 Å². The molecule has 62 valence electrons. The first-order chi connectivity index (χ1) is 5.88. The lowest BCUT2D eigenvalue weighted by Crippen LogP contribution is -2.01. The lowest BCUT2D eigenvalue weighted by atomic mass is 10.2. The summed E-state index contributed by atoms with van der Waals surface area (Å²) in [5, 5.41) is 20.1. The minimum Gasteiger partial charge on any atom is -0.392 e. The van der Waals surface area contributed by atoms with Gasteiger partial charge in [0, 0.05) is 11.3 Å². The zero-order chi connectivity index (χ0) is 8.81. The lowest BCUT2D eigenvalue weighted by molar-refractivity contribution is 0.282. The number of nitrogens with one attached hydrogen (secondary N) is 1. The van der Waals surface area contributed by atoms with Crippen molar-refractivity contribution in [3.8, 4) is 6.07 Å². The fourth-order valence-corrected chi connectivity index (χ4v) is 0.965. The molecule has 12 heavy (non-hydrogen) atoms. The van der Waals surface area contributed by atoms with Gasteiger partial charge in [-0.15, -0.1) is 0 Å². The summed E-state index contributed by atoms with van der Waals surface area (Å²) in [5.41, 5.74) is 1.63. The predicted octanol–water partition coefficient (Wildman–Crippen LogP) is 1.11. The Kier molecular flexibility index (Phi) is 3.12. The second-order valence-electron chi connectivity index (χ2n) is 2.33. The molecule has 0 spiro atoms. The van der Waals surface area contributed by atoms with Gasteiger partial charge in [0.2, 0.25) is 0 Å². The molecular weight excluding hydrogens is 152 g/mol. The van der Waals surface area contributed by atoms with Crippen LogP contribution in [-0.4, -0.2) is 11.7 Å². The van der Waals surface area contributed by atoms with Crippen LogP contribution >= 0.6 is 0 Å². The van der Waals surface area contributed by atoms with Gasteiger partial charge in [0.15, 0.2) is 0 Å². The molecule has 0 saturated heterocycles. The van der Waals surface area contributed by atoms with E-state index in [0.29, 0.717) is 0 Å². The normalized spacial score (nSPS) is 9.00. The van der Waals surface area contributed by atoms with E-state index in [-0.39, 0.29) is 13.2 Å². The quantitative estimate of drug-likeness (QED) is 0.655. The summed E-state index contributed by atoms with van der Waals surface area (Å²) in [6.07, 6.45) is 0. The van der Waals surface area contributed by atoms with Crippen LogP contribution in [0.5, 0.6) is 0 Å². The monoisotopic (exact) mass is 162 g/mol. The van der Waals surface area contributed by atoms with Crippen LogP contribution in [0.2, 0.25) is 0 Å². The Balaban J connectivity index is 2.76. The van der Waals surface area contributed by atoms with Crippen molar-refractivity contribution >= 4 is 5.69 Å². The number of aliphatic hydroxyl groups is 1. The Hall–Kier alpha value is -1.53. The molecule has 2 N–H and O–H groups in total. The number of para-hydroxylation sites is 1. The van der Waals surface area contributed by atoms with E-state index in [1.807, 2.05) is 30.3 Å². The zero-order valence-corrected chi connectivity index (χ0v) is 6.62. The van der Waals surface area contributed by atoms with Crippen molar-refractivity contribution in [1.29, 1.82) is 5.26 Å². The van der Waals surface area contributed by atoms with Crippen molar-refractivity contribution in [2.24, 2.45) is 0 Å². The van der Waals surface area contributed by atoms with E-state index in [4.69, 9.17) is 10.4 Å². The summed E-state index contributed by atoms with van der Waals surface area (Å²) >= 11 is 0. The van der Waals surface area contributed by atoms with Crippen LogP contribution in [0.15, 0.2) is 24.3 Å². The second-order valence-corrected chi connectivity index (χ2v) is 2.33. The van der Waals surface area contributed by atoms with Crippen LogP contribution in [0.1, 0.15) is 5.56 Å². The molecule has 0 aromatic heterocycles. The van der Waals surface area contributed by atoms with E-state index in [1.165, 1.54) is 0 Å². The number of aliphatic hydroxyl groups excluding tert-OH is 1. The van der Waals surface area contributed by atoms with E-state index in [0.717, 1.165) is 11.3 Å². The maximum atomic E-state index is 8.89. The molecule has 1 aromatic rings. The first-order valence-electron chi connectivity index (χ1n) is 3.68. The van der Waals surface area contributed by atoms with Crippen LogP contribution < -0.4 is 5.32 Å². The SMILES string of the molecule is N#CCNc1ccccc1CO. The van der Waals surface area contributed by atoms with E-state index < -0.39 is 0 Å². The predicted molar refractivity (Wildman–Crippen MR) is 46.5 cm³/mol. The highest BCUT2D eigenvalue weighted by Crippen LogP contribution is 2.13. The number of hydrogen-bond acceptors (Lipinski definition) is 3. The summed E-state index contributed by atoms with van der Waals surface area (Å²) in [5.74, 6) is 0. The van der Waals surface area contributed by atoms with Gasteiger partial charge in [-0.05, 0) is 6.07 Å². The smallest absolute Gasteiger partial charge is 0.103 e. The summed E-state index contributed by atoms with van der Waals surface area (Å²) in [6.45, 7) is 0.256. The third kappa shape index (κ3) is 1.97. The van der Waals surface area contributed by atoms with Crippen molar-refractivity contribution in [1.82, 2.24) is 0 Å². The summed E-state index contributed by atoms with van der Waals surface area (Å²) < 4.78 is 0. The van der Waals surface area contributed by atoms with Crippen molar-refractivity contribution in [2.75, 3.05) is 11.9 Å². The number of nitrogens with zero attached hydrogens (tertiary/aromatic N) is 1. The minimum atomic E-state index is -0.00536. The Labute approximate surface area is 71.3 Å². The molecule has 3 heteroatoms. The van der Waals surface area contributed by atoms with E-state index >= 15 is 0 Å². The third-order valence-electron chi connectivity index (χ3n) is 1.55. The second kappa shape index (κ2) is 4.37. The summed E-state index contributed by atoms with van der Waals surface area (Å²) in [7, 11) is 0. The minimum absolute atomic E-state index is 0.00536. The molecule has 0 radical (unpaired) electrons. The molecule has 0 aliphatic heterocycles. The number of nitriles is 1. The lowest BCUT2D eigenvalue weighted by Gasteiger charge is -2.06. The van der Waals surface area contributed by atoms with Crippen molar-refractivity contribution in [2.45, 2.75) is 6.61 Å². The average Bonchev–Trinajstić information content (AvgIpc) is 2.15. The fourth-order valence-electron chi connectivity index (χ4n) is 0.965. The molecule has 0 amide bonds. The molecule has 0 atom stereocenters. The maximum Gasteiger partial charge on any atom is 0.103 e. The number of hydrogen-bond donors (Lipinski definition) is 2. The van der Waals surface area contributed by atoms with Crippen molar-refractivity contribution in [3.63, 3.8) is 0 Å². The van der Waals surface area contributed by atoms with Gasteiger partial charge in [0.05, 0.1) is 12.7 Å². The molecule has 0 aliphatic carbocycles. The van der Waals surface area contributed by atoms with Crippen LogP contribution in [0.25, 0.3) is 0 Å². The molecule has 0 unspecified atom stereocenters. The fraction of sp³-hybridized carbons (Fsp3) is 0.222. The Bertz CT molecular complexity index is 291. The van der Waals surface area contributed by atoms with Crippen molar-refractivity contribution < 1.29 is 5.11 Å². The van der Waals surface area contributed by atoms with Gasteiger partial charge in [-0.25, -0.2) is 0 Å². The highest BCUT2D eigenvalue weighted by molar-refractivity contribution is 5.51. The van der Waals surface area contributed by atoms with Gasteiger partial charge >= 0.3 is 0 Å². The largest absolute Gasteiger partial charge is 0.392 e. The Morgan fingerprint density at radius 2 is 2.17 bits per heavy atom. The first kappa shape index (κ1) is 8.57. The molecule has 3 nitrogen and oxygen atoms in total. The number of anilines is 1. The molecule has 0 saturated carbocycles. The molecule has 0 bridgehead atoms. The molecule has 0 fully saturated rings. The van der Waals surface area contributed by atoms with Crippen LogP contribution in [0.3, 0.4) is 0 Å². The molecule has 1 rings (SSSR count). The van der Waals surface area contributed by atoms with Gasteiger partial charge in [-0.3, -0.25) is 0 Å². The highest BCUT2D eigenvalue weighted by atomic mass is 16.3. The topological polar surface area (TPSA) is 56.0 Å². The average molecular weight is 162 g/mol. The number of benzene rings is 1. The third-order valence-corrected chi connectivity index (χ3v) is 1.55. The summed E-state index contributed by atoms with van der Waals surface area (Å²) in [6, 6.07) is 9.34. The van der Waals surface area contributed by atoms with Crippen LogP contribution in [0.4, 0.5) is 5.69 Å². The number of rotatable bonds is 3. The summed E-state index contributed by atoms with van der Waals surface area (Å²) in [4.78, 5) is 0. The van der Waals surface area contributed by atoms with Gasteiger partial charge < -0.3 is 10.4 Å². The van der Waals surface area contributed by atoms with E-state index in [2.05, 4.69) is 5.32 Å². The maximum absolute atomic E-state index is 8.89. The zero-order valence-electron chi connectivity index (χ0n) is 6.62. The van der Waals surface area contributed by atoms with Gasteiger partial charge in [-0.2, -0.15) is 5.26 Å².